The summed E-state index contributed by atoms with van der Waals surface area (Å²) in [5.41, 5.74) is 1.22. The lowest BCUT2D eigenvalue weighted by Gasteiger charge is -2.31. The van der Waals surface area contributed by atoms with Crippen molar-refractivity contribution in [1.29, 1.82) is 0 Å². The van der Waals surface area contributed by atoms with Crippen LogP contribution in [0.2, 0.25) is 0 Å². The predicted octanol–water partition coefficient (Wildman–Crippen LogP) is 3.29. The second-order valence-corrected chi connectivity index (χ2v) is 7.76. The lowest BCUT2D eigenvalue weighted by molar-refractivity contribution is -0.126. The topological polar surface area (TPSA) is 49.4 Å². The molecule has 122 valence electrons. The van der Waals surface area contributed by atoms with Gasteiger partial charge in [-0.15, -0.1) is 22.7 Å². The molecule has 0 aliphatic carbocycles. The zero-order valence-corrected chi connectivity index (χ0v) is 14.7. The van der Waals surface area contributed by atoms with Gasteiger partial charge in [-0.1, -0.05) is 6.07 Å². The number of carbonyl (C=O) groups is 2. The summed E-state index contributed by atoms with van der Waals surface area (Å²) < 4.78 is 0. The summed E-state index contributed by atoms with van der Waals surface area (Å²) in [6.45, 7) is 3.90. The van der Waals surface area contributed by atoms with E-state index in [0.717, 1.165) is 24.3 Å². The van der Waals surface area contributed by atoms with Crippen LogP contribution < -0.4 is 5.32 Å². The number of thiophene rings is 2. The van der Waals surface area contributed by atoms with Gasteiger partial charge in [-0.05, 0) is 48.2 Å². The van der Waals surface area contributed by atoms with Crippen LogP contribution in [0.1, 0.15) is 33.0 Å². The molecule has 0 saturated carbocycles. The molecule has 6 heteroatoms. The van der Waals surface area contributed by atoms with E-state index in [1.54, 1.807) is 11.3 Å². The summed E-state index contributed by atoms with van der Waals surface area (Å²) in [5, 5.41) is 6.97. The maximum Gasteiger partial charge on any atom is 0.263 e. The third-order valence-electron chi connectivity index (χ3n) is 4.20. The van der Waals surface area contributed by atoms with E-state index >= 15 is 0 Å². The van der Waals surface area contributed by atoms with Crippen molar-refractivity contribution in [3.8, 4) is 0 Å². The van der Waals surface area contributed by atoms with Crippen LogP contribution in [0.4, 0.5) is 0 Å². The van der Waals surface area contributed by atoms with Gasteiger partial charge in [0.05, 0.1) is 17.3 Å². The Morgan fingerprint density at radius 1 is 1.30 bits per heavy atom. The number of nitrogens with zero attached hydrogens (tertiary/aromatic N) is 1. The summed E-state index contributed by atoms with van der Waals surface area (Å²) in [6.07, 6.45) is 1.73. The van der Waals surface area contributed by atoms with Crippen molar-refractivity contribution >= 4 is 34.5 Å². The maximum atomic E-state index is 12.4. The molecule has 2 aromatic heterocycles. The molecule has 1 atom stereocenters. The monoisotopic (exact) mass is 348 g/mol. The molecule has 1 saturated heterocycles. The van der Waals surface area contributed by atoms with Crippen LogP contribution in [0.25, 0.3) is 0 Å². The molecule has 3 rings (SSSR count). The highest BCUT2D eigenvalue weighted by molar-refractivity contribution is 7.12. The van der Waals surface area contributed by atoms with Crippen molar-refractivity contribution in [3.05, 3.63) is 44.3 Å². The average molecular weight is 348 g/mol. The smallest absolute Gasteiger partial charge is 0.263 e. The summed E-state index contributed by atoms with van der Waals surface area (Å²) in [6, 6.07) is 5.79. The lowest BCUT2D eigenvalue weighted by Crippen LogP contribution is -2.45. The first kappa shape index (κ1) is 16.2. The fourth-order valence-corrected chi connectivity index (χ4v) is 4.37. The zero-order chi connectivity index (χ0) is 16.2. The Bertz CT molecular complexity index is 679. The number of hydrogen-bond donors (Lipinski definition) is 1. The van der Waals surface area contributed by atoms with E-state index < -0.39 is 0 Å². The molecule has 3 heterocycles. The first-order valence-electron chi connectivity index (χ1n) is 7.78. The van der Waals surface area contributed by atoms with Crippen LogP contribution in [-0.4, -0.2) is 29.8 Å². The third-order valence-corrected chi connectivity index (χ3v) is 6.08. The first-order chi connectivity index (χ1) is 11.1. The maximum absolute atomic E-state index is 12.4. The number of carbonyl (C=O) groups excluding carboxylic acids is 2. The minimum Gasteiger partial charge on any atom is -0.351 e. The van der Waals surface area contributed by atoms with Crippen molar-refractivity contribution in [2.24, 2.45) is 5.92 Å². The number of likely N-dealkylation sites (tertiary alicyclic amines) is 1. The Labute approximate surface area is 144 Å². The van der Waals surface area contributed by atoms with Crippen LogP contribution >= 0.6 is 22.7 Å². The Balaban J connectivity index is 1.56. The number of piperidine rings is 1. The van der Waals surface area contributed by atoms with Gasteiger partial charge in [0.25, 0.3) is 5.91 Å². The summed E-state index contributed by atoms with van der Waals surface area (Å²) in [4.78, 5) is 28.6. The third kappa shape index (κ3) is 3.82. The molecule has 0 radical (unpaired) electrons. The van der Waals surface area contributed by atoms with Crippen LogP contribution in [0.5, 0.6) is 0 Å². The van der Waals surface area contributed by atoms with E-state index in [-0.39, 0.29) is 17.7 Å². The predicted molar refractivity (Wildman–Crippen MR) is 93.8 cm³/mol. The molecule has 1 aliphatic heterocycles. The molecule has 4 nitrogen and oxygen atoms in total. The largest absolute Gasteiger partial charge is 0.351 e. The molecule has 1 unspecified atom stereocenters. The van der Waals surface area contributed by atoms with Gasteiger partial charge < -0.3 is 10.2 Å². The molecule has 0 aromatic carbocycles. The number of aryl methyl sites for hydroxylation is 1. The van der Waals surface area contributed by atoms with Crippen LogP contribution in [0.3, 0.4) is 0 Å². The average Bonchev–Trinajstić information content (AvgIpc) is 3.24. The van der Waals surface area contributed by atoms with Gasteiger partial charge in [0.1, 0.15) is 0 Å². The normalized spacial score (nSPS) is 18.0. The second kappa shape index (κ2) is 7.27. The molecular weight excluding hydrogens is 328 g/mol. The zero-order valence-electron chi connectivity index (χ0n) is 13.1. The fourth-order valence-electron chi connectivity index (χ4n) is 2.83. The van der Waals surface area contributed by atoms with Gasteiger partial charge in [-0.25, -0.2) is 0 Å². The quantitative estimate of drug-likeness (QED) is 0.922. The van der Waals surface area contributed by atoms with Gasteiger partial charge in [-0.2, -0.15) is 0 Å². The molecule has 23 heavy (non-hydrogen) atoms. The second-order valence-electron chi connectivity index (χ2n) is 5.81. The minimum atomic E-state index is -0.104. The Kier molecular flexibility index (Phi) is 5.13. The van der Waals surface area contributed by atoms with E-state index in [1.807, 2.05) is 27.8 Å². The van der Waals surface area contributed by atoms with Crippen LogP contribution in [-0.2, 0) is 11.3 Å². The number of nitrogens with one attached hydrogen (secondary N) is 1. The molecule has 1 aliphatic rings. The van der Waals surface area contributed by atoms with Crippen LogP contribution in [0, 0.1) is 12.8 Å². The number of amides is 2. The standard InChI is InChI=1S/C17H20N2O2S2/c1-12-6-9-23-15(12)10-18-16(20)13-4-2-7-19(11-13)17(21)14-5-3-8-22-14/h3,5-6,8-9,13H,2,4,7,10-11H2,1H3,(H,18,20). The van der Waals surface area contributed by atoms with Crippen molar-refractivity contribution < 1.29 is 9.59 Å². The SMILES string of the molecule is Cc1ccsc1CNC(=O)C1CCCN(C(=O)c2cccs2)C1. The van der Waals surface area contributed by atoms with E-state index in [0.29, 0.717) is 13.1 Å². The Morgan fingerprint density at radius 3 is 2.87 bits per heavy atom. The van der Waals surface area contributed by atoms with Gasteiger partial charge in [0.2, 0.25) is 5.91 Å². The lowest BCUT2D eigenvalue weighted by atomic mass is 9.97. The molecule has 0 bridgehead atoms. The molecule has 1 N–H and O–H groups in total. The first-order valence-corrected chi connectivity index (χ1v) is 9.54. The van der Waals surface area contributed by atoms with Crippen LogP contribution in [0.15, 0.2) is 29.0 Å². The van der Waals surface area contributed by atoms with Crippen molar-refractivity contribution in [1.82, 2.24) is 10.2 Å². The summed E-state index contributed by atoms with van der Waals surface area (Å²) >= 11 is 3.12. The molecule has 2 amide bonds. The minimum absolute atomic E-state index is 0.0478. The van der Waals surface area contributed by atoms with E-state index in [1.165, 1.54) is 21.8 Å². The van der Waals surface area contributed by atoms with Crippen molar-refractivity contribution in [3.63, 3.8) is 0 Å². The van der Waals surface area contributed by atoms with Crippen molar-refractivity contribution in [2.45, 2.75) is 26.3 Å². The highest BCUT2D eigenvalue weighted by Crippen LogP contribution is 2.21. The Hall–Kier alpha value is -1.66. The molecular formula is C17H20N2O2S2. The highest BCUT2D eigenvalue weighted by Gasteiger charge is 2.29. The van der Waals surface area contributed by atoms with Crippen molar-refractivity contribution in [2.75, 3.05) is 13.1 Å². The van der Waals surface area contributed by atoms with Gasteiger partial charge in [-0.3, -0.25) is 9.59 Å². The number of hydrogen-bond acceptors (Lipinski definition) is 4. The summed E-state index contributed by atoms with van der Waals surface area (Å²) in [5.74, 6) is 0.000937. The Morgan fingerprint density at radius 2 is 2.17 bits per heavy atom. The number of rotatable bonds is 4. The molecule has 2 aromatic rings. The van der Waals surface area contributed by atoms with E-state index in [2.05, 4.69) is 18.3 Å². The van der Waals surface area contributed by atoms with Gasteiger partial charge in [0, 0.05) is 18.0 Å². The van der Waals surface area contributed by atoms with Gasteiger partial charge in [0.15, 0.2) is 0 Å². The summed E-state index contributed by atoms with van der Waals surface area (Å²) in [7, 11) is 0. The van der Waals surface area contributed by atoms with E-state index in [4.69, 9.17) is 0 Å². The highest BCUT2D eigenvalue weighted by atomic mass is 32.1. The molecule has 0 spiro atoms. The van der Waals surface area contributed by atoms with E-state index in [9.17, 15) is 9.59 Å². The fraction of sp³-hybridized carbons (Fsp3) is 0.412. The van der Waals surface area contributed by atoms with Gasteiger partial charge >= 0.3 is 0 Å². The molecule has 1 fully saturated rings.